The largest absolute Gasteiger partial charge is 0.350 e. The summed E-state index contributed by atoms with van der Waals surface area (Å²) in [7, 11) is 0. The van der Waals surface area contributed by atoms with E-state index in [1.165, 1.54) is 11.8 Å². The van der Waals surface area contributed by atoms with Crippen LogP contribution in [0.25, 0.3) is 0 Å². The number of amides is 1. The van der Waals surface area contributed by atoms with Crippen molar-refractivity contribution in [1.29, 1.82) is 0 Å². The average Bonchev–Trinajstić information content (AvgIpc) is 2.53. The minimum absolute atomic E-state index is 0.123. The summed E-state index contributed by atoms with van der Waals surface area (Å²) in [6, 6.07) is 9.96. The molecule has 0 aliphatic heterocycles. The van der Waals surface area contributed by atoms with Crippen molar-refractivity contribution in [3.05, 3.63) is 35.9 Å². The quantitative estimate of drug-likeness (QED) is 0.798. The summed E-state index contributed by atoms with van der Waals surface area (Å²) >= 11 is 1.40. The predicted molar refractivity (Wildman–Crippen MR) is 84.3 cm³/mol. The Morgan fingerprint density at radius 2 is 1.86 bits per heavy atom. The number of benzene rings is 1. The van der Waals surface area contributed by atoms with E-state index >= 15 is 0 Å². The number of nitrogens with one attached hydrogen (secondary N) is 2. The number of carbonyl (C=O) groups is 1. The van der Waals surface area contributed by atoms with Gasteiger partial charge in [0.1, 0.15) is 0 Å². The van der Waals surface area contributed by atoms with E-state index in [9.17, 15) is 4.79 Å². The van der Waals surface area contributed by atoms with Crippen LogP contribution in [0.4, 0.5) is 11.9 Å². The topological polar surface area (TPSA) is 79.8 Å². The van der Waals surface area contributed by atoms with Crippen LogP contribution in [0.3, 0.4) is 0 Å². The Kier molecular flexibility index (Phi) is 5.51. The first kappa shape index (κ1) is 15.2. The zero-order valence-electron chi connectivity index (χ0n) is 12.0. The van der Waals surface area contributed by atoms with Crippen LogP contribution < -0.4 is 10.6 Å². The van der Waals surface area contributed by atoms with Crippen molar-refractivity contribution in [2.24, 2.45) is 0 Å². The second kappa shape index (κ2) is 7.58. The van der Waals surface area contributed by atoms with Gasteiger partial charge < -0.3 is 5.32 Å². The van der Waals surface area contributed by atoms with E-state index < -0.39 is 0 Å². The summed E-state index contributed by atoms with van der Waals surface area (Å²) in [5.74, 6) is 0.601. The van der Waals surface area contributed by atoms with Crippen molar-refractivity contribution < 1.29 is 4.79 Å². The van der Waals surface area contributed by atoms with Crippen LogP contribution >= 0.6 is 11.8 Å². The molecule has 7 heteroatoms. The Bertz CT molecular complexity index is 606. The van der Waals surface area contributed by atoms with Crippen LogP contribution in [0, 0.1) is 0 Å². The molecule has 0 fully saturated rings. The van der Waals surface area contributed by atoms with Gasteiger partial charge >= 0.3 is 0 Å². The molecule has 2 aromatic rings. The minimum atomic E-state index is -0.123. The molecule has 0 atom stereocenters. The molecule has 0 aliphatic carbocycles. The highest BCUT2D eigenvalue weighted by Crippen LogP contribution is 2.14. The Balaban J connectivity index is 2.10. The number of nitrogens with zero attached hydrogens (tertiary/aromatic N) is 3. The van der Waals surface area contributed by atoms with E-state index in [-0.39, 0.29) is 11.9 Å². The van der Waals surface area contributed by atoms with E-state index in [2.05, 4.69) is 25.6 Å². The van der Waals surface area contributed by atoms with E-state index in [4.69, 9.17) is 0 Å². The standard InChI is InChI=1S/C14H17N5OS/c1-3-11(20)16-13-17-12(18-14(19-13)21-2)15-9-10-7-5-4-6-8-10/h4-8H,3,9H2,1-2H3,(H2,15,16,17,18,19,20). The number of hydrogen-bond donors (Lipinski definition) is 2. The van der Waals surface area contributed by atoms with Crippen molar-refractivity contribution in [3.63, 3.8) is 0 Å². The molecule has 0 saturated heterocycles. The second-order valence-electron chi connectivity index (χ2n) is 4.21. The summed E-state index contributed by atoms with van der Waals surface area (Å²) in [5, 5.41) is 6.35. The first-order valence-electron chi connectivity index (χ1n) is 6.59. The third-order valence-corrected chi connectivity index (χ3v) is 3.21. The first-order valence-corrected chi connectivity index (χ1v) is 7.81. The molecule has 2 rings (SSSR count). The van der Waals surface area contributed by atoms with Crippen molar-refractivity contribution in [2.75, 3.05) is 16.9 Å². The zero-order valence-corrected chi connectivity index (χ0v) is 12.8. The van der Waals surface area contributed by atoms with E-state index in [1.54, 1.807) is 6.92 Å². The molecule has 2 N–H and O–H groups in total. The molecule has 1 aromatic heterocycles. The fourth-order valence-electron chi connectivity index (χ4n) is 1.57. The smallest absolute Gasteiger partial charge is 0.235 e. The van der Waals surface area contributed by atoms with Crippen molar-refractivity contribution >= 4 is 29.6 Å². The molecular weight excluding hydrogens is 286 g/mol. The third kappa shape index (κ3) is 4.71. The summed E-state index contributed by atoms with van der Waals surface area (Å²) < 4.78 is 0. The maximum atomic E-state index is 11.4. The zero-order chi connectivity index (χ0) is 15.1. The first-order chi connectivity index (χ1) is 10.2. The number of carbonyl (C=O) groups excluding carboxylic acids is 1. The molecule has 0 spiro atoms. The van der Waals surface area contributed by atoms with E-state index in [0.29, 0.717) is 24.1 Å². The van der Waals surface area contributed by atoms with E-state index in [1.807, 2.05) is 36.6 Å². The molecule has 0 unspecified atom stereocenters. The summed E-state index contributed by atoms with van der Waals surface area (Å²) in [4.78, 5) is 24.1. The van der Waals surface area contributed by atoms with Crippen molar-refractivity contribution in [2.45, 2.75) is 25.0 Å². The number of rotatable bonds is 6. The van der Waals surface area contributed by atoms with Crippen molar-refractivity contribution in [1.82, 2.24) is 15.0 Å². The number of anilines is 2. The lowest BCUT2D eigenvalue weighted by Gasteiger charge is -2.08. The van der Waals surface area contributed by atoms with Gasteiger partial charge in [-0.15, -0.1) is 0 Å². The molecule has 110 valence electrons. The fourth-order valence-corrected chi connectivity index (χ4v) is 1.93. The molecule has 21 heavy (non-hydrogen) atoms. The van der Waals surface area contributed by atoms with Crippen LogP contribution in [-0.2, 0) is 11.3 Å². The van der Waals surface area contributed by atoms with Crippen LogP contribution in [-0.4, -0.2) is 27.1 Å². The van der Waals surface area contributed by atoms with Gasteiger partial charge in [0.25, 0.3) is 0 Å². The Morgan fingerprint density at radius 3 is 2.52 bits per heavy atom. The van der Waals surface area contributed by atoms with E-state index in [0.717, 1.165) is 5.56 Å². The Hall–Kier alpha value is -2.15. The summed E-state index contributed by atoms with van der Waals surface area (Å²) in [5.41, 5.74) is 1.13. The average molecular weight is 303 g/mol. The highest BCUT2D eigenvalue weighted by molar-refractivity contribution is 7.98. The van der Waals surface area contributed by atoms with Crippen LogP contribution in [0.1, 0.15) is 18.9 Å². The lowest BCUT2D eigenvalue weighted by molar-refractivity contribution is -0.115. The highest BCUT2D eigenvalue weighted by Gasteiger charge is 2.08. The molecule has 0 aliphatic rings. The Morgan fingerprint density at radius 1 is 1.14 bits per heavy atom. The summed E-state index contributed by atoms with van der Waals surface area (Å²) in [6.45, 7) is 2.39. The van der Waals surface area contributed by atoms with Gasteiger partial charge in [0.05, 0.1) is 0 Å². The third-order valence-electron chi connectivity index (χ3n) is 2.66. The normalized spacial score (nSPS) is 10.2. The molecule has 1 amide bonds. The van der Waals surface area contributed by atoms with Crippen LogP contribution in [0.2, 0.25) is 0 Å². The van der Waals surface area contributed by atoms with Gasteiger partial charge in [0.15, 0.2) is 5.16 Å². The SMILES string of the molecule is CCC(=O)Nc1nc(NCc2ccccc2)nc(SC)n1. The van der Waals surface area contributed by atoms with Gasteiger partial charge in [-0.2, -0.15) is 15.0 Å². The minimum Gasteiger partial charge on any atom is -0.350 e. The van der Waals surface area contributed by atoms with Gasteiger partial charge in [-0.1, -0.05) is 49.0 Å². The van der Waals surface area contributed by atoms with Gasteiger partial charge in [-0.05, 0) is 11.8 Å². The fraction of sp³-hybridized carbons (Fsp3) is 0.286. The molecule has 0 saturated carbocycles. The predicted octanol–water partition coefficient (Wildman–Crippen LogP) is 2.55. The van der Waals surface area contributed by atoms with Gasteiger partial charge in [0, 0.05) is 13.0 Å². The molecule has 1 aromatic carbocycles. The van der Waals surface area contributed by atoms with Gasteiger partial charge in [-0.3, -0.25) is 10.1 Å². The molecule has 0 radical (unpaired) electrons. The molecular formula is C14H17N5OS. The molecule has 6 nitrogen and oxygen atoms in total. The van der Waals surface area contributed by atoms with Gasteiger partial charge in [-0.25, -0.2) is 0 Å². The van der Waals surface area contributed by atoms with Gasteiger partial charge in [0.2, 0.25) is 17.8 Å². The maximum absolute atomic E-state index is 11.4. The Labute approximate surface area is 127 Å². The number of thioether (sulfide) groups is 1. The van der Waals surface area contributed by atoms with Crippen molar-refractivity contribution in [3.8, 4) is 0 Å². The maximum Gasteiger partial charge on any atom is 0.235 e. The van der Waals surface area contributed by atoms with Crippen LogP contribution in [0.15, 0.2) is 35.5 Å². The number of hydrogen-bond acceptors (Lipinski definition) is 6. The number of aromatic nitrogens is 3. The lowest BCUT2D eigenvalue weighted by Crippen LogP contribution is -2.14. The molecule has 1 heterocycles. The second-order valence-corrected chi connectivity index (χ2v) is 4.98. The summed E-state index contributed by atoms with van der Waals surface area (Å²) in [6.07, 6.45) is 2.26. The monoisotopic (exact) mass is 303 g/mol. The molecule has 0 bridgehead atoms. The lowest BCUT2D eigenvalue weighted by atomic mass is 10.2. The highest BCUT2D eigenvalue weighted by atomic mass is 32.2. The van der Waals surface area contributed by atoms with Crippen LogP contribution in [0.5, 0.6) is 0 Å².